The van der Waals surface area contributed by atoms with E-state index in [1.807, 2.05) is 39.0 Å². The van der Waals surface area contributed by atoms with Gasteiger partial charge in [-0.05, 0) is 66.5 Å². The van der Waals surface area contributed by atoms with E-state index in [4.69, 9.17) is 32.7 Å². The summed E-state index contributed by atoms with van der Waals surface area (Å²) in [7, 11) is 0. The summed E-state index contributed by atoms with van der Waals surface area (Å²) in [4.78, 5) is 0. The Morgan fingerprint density at radius 2 is 1.86 bits per heavy atom. The molecule has 0 saturated carbocycles. The Hall–Kier alpha value is -0.690. The molecule has 2 aromatic rings. The van der Waals surface area contributed by atoms with Crippen LogP contribution in [-0.4, -0.2) is 23.9 Å². The Morgan fingerprint density at radius 3 is 2.46 bits per heavy atom. The van der Waals surface area contributed by atoms with E-state index < -0.39 is 0 Å². The highest BCUT2D eigenvalue weighted by atomic mass is 79.9. The van der Waals surface area contributed by atoms with Gasteiger partial charge in [-0.1, -0.05) is 29.3 Å². The molecular weight excluding hydrogens is 488 g/mol. The maximum atomic E-state index is 9.39. The topological polar surface area (TPSA) is 50.7 Å². The van der Waals surface area contributed by atoms with Crippen molar-refractivity contribution < 1.29 is 14.6 Å². The van der Waals surface area contributed by atoms with Gasteiger partial charge >= 0.3 is 0 Å². The van der Waals surface area contributed by atoms with Crippen LogP contribution in [0.1, 0.15) is 31.9 Å². The van der Waals surface area contributed by atoms with Gasteiger partial charge in [0.25, 0.3) is 0 Å². The van der Waals surface area contributed by atoms with E-state index >= 15 is 0 Å². The van der Waals surface area contributed by atoms with Crippen LogP contribution in [0.5, 0.6) is 11.5 Å². The van der Waals surface area contributed by atoms with Crippen LogP contribution >= 0.6 is 51.5 Å². The van der Waals surface area contributed by atoms with Crippen LogP contribution in [0.15, 0.2) is 34.8 Å². The van der Waals surface area contributed by atoms with Gasteiger partial charge in [0.2, 0.25) is 0 Å². The van der Waals surface area contributed by atoms with Crippen molar-refractivity contribution in [2.45, 2.75) is 39.5 Å². The maximum Gasteiger partial charge on any atom is 0.175 e. The summed E-state index contributed by atoms with van der Waals surface area (Å²) in [5.74, 6) is 1.27. The van der Waals surface area contributed by atoms with E-state index in [0.29, 0.717) is 41.3 Å². The average Bonchev–Trinajstić information content (AvgIpc) is 2.61. The summed E-state index contributed by atoms with van der Waals surface area (Å²) in [6.45, 7) is 7.27. The van der Waals surface area contributed by atoms with Gasteiger partial charge in [0, 0.05) is 27.7 Å². The van der Waals surface area contributed by atoms with Crippen molar-refractivity contribution in [3.8, 4) is 11.5 Å². The second kappa shape index (κ2) is 11.5. The van der Waals surface area contributed by atoms with Gasteiger partial charge in [-0.15, -0.1) is 12.4 Å². The largest absolute Gasteiger partial charge is 0.490 e. The SMILES string of the molecule is CCOc1cc(CNC(C)(C)CO)cc(Br)c1OCc1ccc(Cl)cc1Cl.Cl. The number of nitrogens with one attached hydrogen (secondary N) is 1. The summed E-state index contributed by atoms with van der Waals surface area (Å²) in [6.07, 6.45) is 0. The molecule has 2 N–H and O–H groups in total. The summed E-state index contributed by atoms with van der Waals surface area (Å²) >= 11 is 15.7. The molecule has 0 spiro atoms. The quantitative estimate of drug-likeness (QED) is 0.431. The van der Waals surface area contributed by atoms with Gasteiger partial charge in [-0.3, -0.25) is 0 Å². The number of rotatable bonds is 9. The molecule has 0 aromatic heterocycles. The highest BCUT2D eigenvalue weighted by Crippen LogP contribution is 2.38. The van der Waals surface area contributed by atoms with Gasteiger partial charge < -0.3 is 19.9 Å². The Labute approximate surface area is 191 Å². The first kappa shape index (κ1) is 25.3. The number of ether oxygens (including phenoxy) is 2. The molecule has 2 aromatic carbocycles. The first-order chi connectivity index (χ1) is 12.8. The predicted octanol–water partition coefficient (Wildman–Crippen LogP) is 6.02. The summed E-state index contributed by atoms with van der Waals surface area (Å²) in [6, 6.07) is 9.23. The lowest BCUT2D eigenvalue weighted by molar-refractivity contribution is 0.187. The van der Waals surface area contributed by atoms with Gasteiger partial charge in [0.1, 0.15) is 6.61 Å². The fourth-order valence-corrected chi connectivity index (χ4v) is 3.38. The van der Waals surface area contributed by atoms with Crippen LogP contribution in [-0.2, 0) is 13.2 Å². The minimum absolute atomic E-state index is 0. The zero-order valence-corrected chi connectivity index (χ0v) is 19.9. The molecule has 8 heteroatoms. The van der Waals surface area contributed by atoms with E-state index in [1.165, 1.54) is 0 Å². The fraction of sp³-hybridized carbons (Fsp3) is 0.400. The fourth-order valence-electron chi connectivity index (χ4n) is 2.31. The lowest BCUT2D eigenvalue weighted by Gasteiger charge is -2.24. The number of benzene rings is 2. The molecule has 0 aliphatic carbocycles. The van der Waals surface area contributed by atoms with Crippen LogP contribution < -0.4 is 14.8 Å². The lowest BCUT2D eigenvalue weighted by atomic mass is 10.1. The molecule has 0 aliphatic rings. The third kappa shape index (κ3) is 7.29. The molecule has 0 saturated heterocycles. The highest BCUT2D eigenvalue weighted by molar-refractivity contribution is 9.10. The third-order valence-corrected chi connectivity index (χ3v) is 5.10. The molecule has 0 unspecified atom stereocenters. The Balaban J connectivity index is 0.00000392. The van der Waals surface area contributed by atoms with Crippen LogP contribution in [0.2, 0.25) is 10.0 Å². The summed E-state index contributed by atoms with van der Waals surface area (Å²) in [5, 5.41) is 13.9. The third-order valence-electron chi connectivity index (χ3n) is 3.92. The van der Waals surface area contributed by atoms with Crippen LogP contribution in [0, 0.1) is 0 Å². The number of hydrogen-bond donors (Lipinski definition) is 2. The molecule has 0 fully saturated rings. The molecule has 0 heterocycles. The van der Waals surface area contributed by atoms with Gasteiger partial charge in [-0.2, -0.15) is 0 Å². The van der Waals surface area contributed by atoms with Crippen molar-refractivity contribution in [1.82, 2.24) is 5.32 Å². The zero-order valence-electron chi connectivity index (χ0n) is 16.0. The van der Waals surface area contributed by atoms with Crippen molar-refractivity contribution in [3.63, 3.8) is 0 Å². The monoisotopic (exact) mass is 511 g/mol. The molecule has 28 heavy (non-hydrogen) atoms. The zero-order chi connectivity index (χ0) is 20.0. The van der Waals surface area contributed by atoms with E-state index in [0.717, 1.165) is 15.6 Å². The van der Waals surface area contributed by atoms with E-state index in [9.17, 15) is 5.11 Å². The Kier molecular flexibility index (Phi) is 10.4. The minimum Gasteiger partial charge on any atom is -0.490 e. The van der Waals surface area contributed by atoms with Crippen LogP contribution in [0.25, 0.3) is 0 Å². The summed E-state index contributed by atoms with van der Waals surface area (Å²) in [5.41, 5.74) is 1.49. The molecule has 0 atom stereocenters. The lowest BCUT2D eigenvalue weighted by Crippen LogP contribution is -2.42. The van der Waals surface area contributed by atoms with Gasteiger partial charge in [0.15, 0.2) is 11.5 Å². The second-order valence-corrected chi connectivity index (χ2v) is 8.46. The summed E-state index contributed by atoms with van der Waals surface area (Å²) < 4.78 is 12.5. The molecule has 0 bridgehead atoms. The standard InChI is InChI=1S/C20H24BrCl2NO3.ClH/c1-4-26-18-8-13(10-24-20(2,3)12-25)7-16(21)19(18)27-11-14-5-6-15(22)9-17(14)23;/h5-9,24-25H,4,10-12H2,1-3H3;1H. The number of halogens is 4. The predicted molar refractivity (Wildman–Crippen MR) is 121 cm³/mol. The van der Waals surface area contributed by atoms with Crippen molar-refractivity contribution in [2.75, 3.05) is 13.2 Å². The highest BCUT2D eigenvalue weighted by Gasteiger charge is 2.17. The van der Waals surface area contributed by atoms with E-state index in [-0.39, 0.29) is 24.6 Å². The first-order valence-corrected chi connectivity index (χ1v) is 10.2. The number of aliphatic hydroxyl groups excluding tert-OH is 1. The molecule has 0 amide bonds. The van der Waals surface area contributed by atoms with E-state index in [1.54, 1.807) is 12.1 Å². The number of hydrogen-bond acceptors (Lipinski definition) is 4. The molecular formula is C20H25BrCl3NO3. The van der Waals surface area contributed by atoms with Crippen molar-refractivity contribution in [1.29, 1.82) is 0 Å². The Bertz CT molecular complexity index is 788. The van der Waals surface area contributed by atoms with E-state index in [2.05, 4.69) is 21.2 Å². The number of aliphatic hydroxyl groups is 1. The normalized spacial score (nSPS) is 11.1. The van der Waals surface area contributed by atoms with Crippen LogP contribution in [0.4, 0.5) is 0 Å². The van der Waals surface area contributed by atoms with Gasteiger partial charge in [0.05, 0.1) is 17.7 Å². The average molecular weight is 514 g/mol. The molecule has 156 valence electrons. The first-order valence-electron chi connectivity index (χ1n) is 8.63. The smallest absolute Gasteiger partial charge is 0.175 e. The molecule has 0 aliphatic heterocycles. The molecule has 2 rings (SSSR count). The Morgan fingerprint density at radius 1 is 1.14 bits per heavy atom. The van der Waals surface area contributed by atoms with Crippen molar-refractivity contribution in [2.24, 2.45) is 0 Å². The maximum absolute atomic E-state index is 9.39. The van der Waals surface area contributed by atoms with Gasteiger partial charge in [-0.25, -0.2) is 0 Å². The molecule has 0 radical (unpaired) electrons. The van der Waals surface area contributed by atoms with Crippen molar-refractivity contribution in [3.05, 3.63) is 56.0 Å². The van der Waals surface area contributed by atoms with Crippen LogP contribution in [0.3, 0.4) is 0 Å². The second-order valence-electron chi connectivity index (χ2n) is 6.76. The minimum atomic E-state index is -0.362. The van der Waals surface area contributed by atoms with Crippen molar-refractivity contribution >= 4 is 51.5 Å². The molecule has 4 nitrogen and oxygen atoms in total.